The molecule has 106 valence electrons. The van der Waals surface area contributed by atoms with Crippen molar-refractivity contribution in [2.75, 3.05) is 13.2 Å². The number of carbonyl (C=O) groups excluding carboxylic acids is 1. The zero-order valence-electron chi connectivity index (χ0n) is 10.5. The quantitative estimate of drug-likeness (QED) is 0.857. The first kappa shape index (κ1) is 14.8. The van der Waals surface area contributed by atoms with Gasteiger partial charge < -0.3 is 15.2 Å². The maximum Gasteiger partial charge on any atom is 0.251 e. The predicted molar refractivity (Wildman–Crippen MR) is 77.3 cm³/mol. The van der Waals surface area contributed by atoms with E-state index in [0.717, 1.165) is 4.88 Å². The first-order valence-electron chi connectivity index (χ1n) is 5.91. The van der Waals surface area contributed by atoms with Crippen LogP contribution in [0.2, 0.25) is 4.47 Å². The van der Waals surface area contributed by atoms with Crippen LogP contribution in [0, 0.1) is 0 Å². The third kappa shape index (κ3) is 4.19. The van der Waals surface area contributed by atoms with Crippen LogP contribution in [-0.4, -0.2) is 29.1 Å². The molecule has 0 radical (unpaired) electrons. The molecule has 2 aromatic rings. The van der Waals surface area contributed by atoms with Crippen LogP contribution in [0.15, 0.2) is 30.5 Å². The van der Waals surface area contributed by atoms with Gasteiger partial charge in [0, 0.05) is 18.3 Å². The fourth-order valence-corrected chi connectivity index (χ4v) is 2.39. The molecule has 20 heavy (non-hydrogen) atoms. The van der Waals surface area contributed by atoms with Crippen LogP contribution < -0.4 is 10.1 Å². The summed E-state index contributed by atoms with van der Waals surface area (Å²) in [4.78, 5) is 16.6. The predicted octanol–water partition coefficient (Wildman–Crippen LogP) is 2.10. The zero-order valence-corrected chi connectivity index (χ0v) is 12.1. The Morgan fingerprint density at radius 1 is 1.50 bits per heavy atom. The highest BCUT2D eigenvalue weighted by atomic mass is 35.5. The van der Waals surface area contributed by atoms with Crippen molar-refractivity contribution in [1.82, 2.24) is 10.3 Å². The Balaban J connectivity index is 1.97. The summed E-state index contributed by atoms with van der Waals surface area (Å²) in [5, 5.41) is 11.3. The van der Waals surface area contributed by atoms with E-state index in [-0.39, 0.29) is 19.1 Å². The molecule has 0 fully saturated rings. The van der Waals surface area contributed by atoms with Gasteiger partial charge in [-0.05, 0) is 18.2 Å². The molecule has 0 aliphatic rings. The molecule has 5 nitrogen and oxygen atoms in total. The third-order valence-electron chi connectivity index (χ3n) is 2.40. The number of hydrogen-bond acceptors (Lipinski definition) is 5. The molecule has 0 aliphatic carbocycles. The number of aliphatic hydroxyl groups excluding tert-OH is 1. The van der Waals surface area contributed by atoms with Gasteiger partial charge in [0.1, 0.15) is 12.4 Å². The van der Waals surface area contributed by atoms with E-state index < -0.39 is 0 Å². The third-order valence-corrected chi connectivity index (χ3v) is 3.49. The lowest BCUT2D eigenvalue weighted by Crippen LogP contribution is -2.26. The van der Waals surface area contributed by atoms with E-state index in [0.29, 0.717) is 22.4 Å². The van der Waals surface area contributed by atoms with E-state index in [1.165, 1.54) is 11.3 Å². The molecule has 1 aromatic heterocycles. The topological polar surface area (TPSA) is 71.5 Å². The van der Waals surface area contributed by atoms with Crippen LogP contribution in [-0.2, 0) is 6.61 Å². The minimum Gasteiger partial charge on any atom is -0.488 e. The van der Waals surface area contributed by atoms with E-state index in [2.05, 4.69) is 10.3 Å². The largest absolute Gasteiger partial charge is 0.488 e. The molecule has 0 saturated heterocycles. The molecule has 1 amide bonds. The summed E-state index contributed by atoms with van der Waals surface area (Å²) in [6.07, 6.45) is 1.66. The summed E-state index contributed by atoms with van der Waals surface area (Å²) in [5.41, 5.74) is 0.485. The molecule has 2 rings (SSSR count). The first-order chi connectivity index (χ1) is 9.69. The Bertz CT molecular complexity index is 589. The van der Waals surface area contributed by atoms with Gasteiger partial charge in [-0.25, -0.2) is 4.98 Å². The second-order valence-electron chi connectivity index (χ2n) is 3.88. The number of thiazole rings is 1. The van der Waals surface area contributed by atoms with Crippen molar-refractivity contribution in [2.24, 2.45) is 0 Å². The SMILES string of the molecule is O=C(NCCO)c1cccc(OCc2cnc(Cl)s2)c1. The molecular weight excluding hydrogens is 300 g/mol. The highest BCUT2D eigenvalue weighted by molar-refractivity contribution is 7.15. The Kier molecular flexibility index (Phi) is 5.34. The van der Waals surface area contributed by atoms with Crippen molar-refractivity contribution < 1.29 is 14.6 Å². The number of hydrogen-bond donors (Lipinski definition) is 2. The Morgan fingerprint density at radius 2 is 2.35 bits per heavy atom. The number of carbonyl (C=O) groups is 1. The van der Waals surface area contributed by atoms with Crippen LogP contribution in [0.5, 0.6) is 5.75 Å². The number of ether oxygens (including phenoxy) is 1. The molecule has 0 bridgehead atoms. The van der Waals surface area contributed by atoms with Crippen molar-refractivity contribution in [1.29, 1.82) is 0 Å². The van der Waals surface area contributed by atoms with E-state index in [9.17, 15) is 4.79 Å². The van der Waals surface area contributed by atoms with E-state index in [1.807, 2.05) is 0 Å². The van der Waals surface area contributed by atoms with Gasteiger partial charge in [0.2, 0.25) is 0 Å². The van der Waals surface area contributed by atoms with Gasteiger partial charge in [-0.1, -0.05) is 17.7 Å². The summed E-state index contributed by atoms with van der Waals surface area (Å²) in [7, 11) is 0. The average Bonchev–Trinajstić information content (AvgIpc) is 2.88. The number of benzene rings is 1. The Hall–Kier alpha value is -1.63. The van der Waals surface area contributed by atoms with Crippen LogP contribution in [0.4, 0.5) is 0 Å². The summed E-state index contributed by atoms with van der Waals surface area (Å²) < 4.78 is 6.06. The molecule has 1 heterocycles. The van der Waals surface area contributed by atoms with Gasteiger partial charge in [0.25, 0.3) is 5.91 Å². The minimum absolute atomic E-state index is 0.0892. The number of halogens is 1. The molecule has 0 aliphatic heterocycles. The van der Waals surface area contributed by atoms with Crippen molar-refractivity contribution in [3.8, 4) is 5.75 Å². The lowest BCUT2D eigenvalue weighted by molar-refractivity contribution is 0.0944. The highest BCUT2D eigenvalue weighted by Crippen LogP contribution is 2.20. The van der Waals surface area contributed by atoms with Crippen LogP contribution in [0.25, 0.3) is 0 Å². The molecular formula is C13H13ClN2O3S. The van der Waals surface area contributed by atoms with E-state index in [4.69, 9.17) is 21.4 Å². The van der Waals surface area contributed by atoms with Crippen LogP contribution in [0.3, 0.4) is 0 Å². The molecule has 7 heteroatoms. The number of amides is 1. The zero-order chi connectivity index (χ0) is 14.4. The first-order valence-corrected chi connectivity index (χ1v) is 7.10. The lowest BCUT2D eigenvalue weighted by atomic mass is 10.2. The summed E-state index contributed by atoms with van der Waals surface area (Å²) in [5.74, 6) is 0.344. The molecule has 0 atom stereocenters. The smallest absolute Gasteiger partial charge is 0.251 e. The summed E-state index contributed by atoms with van der Waals surface area (Å²) in [6, 6.07) is 6.84. The van der Waals surface area contributed by atoms with E-state index in [1.54, 1.807) is 30.5 Å². The fraction of sp³-hybridized carbons (Fsp3) is 0.231. The van der Waals surface area contributed by atoms with Gasteiger partial charge in [0.15, 0.2) is 4.47 Å². The Labute approximate surface area is 125 Å². The van der Waals surface area contributed by atoms with Crippen LogP contribution in [0.1, 0.15) is 15.2 Å². The second kappa shape index (κ2) is 7.23. The average molecular weight is 313 g/mol. The van der Waals surface area contributed by atoms with Gasteiger partial charge in [0.05, 0.1) is 11.5 Å². The van der Waals surface area contributed by atoms with Gasteiger partial charge in [-0.15, -0.1) is 11.3 Å². The fourth-order valence-electron chi connectivity index (χ4n) is 1.50. The number of rotatable bonds is 6. The molecule has 0 saturated carbocycles. The maximum atomic E-state index is 11.7. The van der Waals surface area contributed by atoms with Gasteiger partial charge >= 0.3 is 0 Å². The molecule has 0 spiro atoms. The summed E-state index contributed by atoms with van der Waals surface area (Å²) >= 11 is 7.09. The van der Waals surface area contributed by atoms with E-state index >= 15 is 0 Å². The highest BCUT2D eigenvalue weighted by Gasteiger charge is 2.06. The van der Waals surface area contributed by atoms with Crippen molar-refractivity contribution >= 4 is 28.8 Å². The number of aliphatic hydroxyl groups is 1. The van der Waals surface area contributed by atoms with Gasteiger partial charge in [-0.3, -0.25) is 4.79 Å². The summed E-state index contributed by atoms with van der Waals surface area (Å²) in [6.45, 7) is 0.490. The normalized spacial score (nSPS) is 10.3. The molecule has 1 aromatic carbocycles. The number of nitrogens with one attached hydrogen (secondary N) is 1. The van der Waals surface area contributed by atoms with Gasteiger partial charge in [-0.2, -0.15) is 0 Å². The van der Waals surface area contributed by atoms with Crippen molar-refractivity contribution in [3.05, 3.63) is 45.4 Å². The number of nitrogens with zero attached hydrogens (tertiary/aromatic N) is 1. The molecule has 0 unspecified atom stereocenters. The lowest BCUT2D eigenvalue weighted by Gasteiger charge is -2.07. The Morgan fingerprint density at radius 3 is 3.05 bits per heavy atom. The van der Waals surface area contributed by atoms with Crippen LogP contribution >= 0.6 is 22.9 Å². The minimum atomic E-state index is -0.245. The number of aromatic nitrogens is 1. The molecule has 2 N–H and O–H groups in total. The second-order valence-corrected chi connectivity index (χ2v) is 5.57. The standard InChI is InChI=1S/C13H13ClN2O3S/c14-13-16-7-11(20-13)8-19-10-3-1-2-9(6-10)12(18)15-4-5-17/h1-3,6-7,17H,4-5,8H2,(H,15,18). The maximum absolute atomic E-state index is 11.7. The van der Waals surface area contributed by atoms with Crippen molar-refractivity contribution in [2.45, 2.75) is 6.61 Å². The monoisotopic (exact) mass is 312 g/mol. The van der Waals surface area contributed by atoms with Crippen molar-refractivity contribution in [3.63, 3.8) is 0 Å².